The standard InChI is InChI=1S/C11H14O.C3H6O.H3O2P/c1-2-10-6-3-4-7-11(10)8-5-9-12;1-2-3-4;1-3-2/h3-4,6-7,9H,2,5,8H2,1H3;3H,2H2,1H3;3H2,(H,1,2). The highest BCUT2D eigenvalue weighted by molar-refractivity contribution is 7.16. The van der Waals surface area contributed by atoms with Gasteiger partial charge in [-0.05, 0) is 24.0 Å². The Kier molecular flexibility index (Phi) is 17.7. The van der Waals surface area contributed by atoms with Gasteiger partial charge < -0.3 is 14.5 Å². The van der Waals surface area contributed by atoms with Crippen molar-refractivity contribution in [3.8, 4) is 0 Å². The molecule has 108 valence electrons. The van der Waals surface area contributed by atoms with Crippen LogP contribution in [0.4, 0.5) is 0 Å². The van der Waals surface area contributed by atoms with E-state index in [1.807, 2.05) is 19.1 Å². The van der Waals surface area contributed by atoms with Gasteiger partial charge in [-0.1, -0.05) is 38.1 Å². The van der Waals surface area contributed by atoms with Gasteiger partial charge in [0, 0.05) is 12.8 Å². The maximum atomic E-state index is 10.2. The molecule has 1 unspecified atom stereocenters. The first kappa shape index (κ1) is 20.1. The van der Waals surface area contributed by atoms with Gasteiger partial charge in [0.25, 0.3) is 0 Å². The second-order valence-electron chi connectivity index (χ2n) is 3.51. The predicted molar refractivity (Wildman–Crippen MR) is 79.2 cm³/mol. The number of aryl methyl sites for hydroxylation is 2. The normalized spacial score (nSPS) is 9.00. The highest BCUT2D eigenvalue weighted by Gasteiger charge is 1.97. The van der Waals surface area contributed by atoms with Crippen LogP contribution in [-0.4, -0.2) is 17.5 Å². The largest absolute Gasteiger partial charge is 0.348 e. The van der Waals surface area contributed by atoms with Crippen LogP contribution in [0.3, 0.4) is 0 Å². The molecule has 0 radical (unpaired) electrons. The van der Waals surface area contributed by atoms with E-state index in [2.05, 4.69) is 19.1 Å². The maximum Gasteiger partial charge on any atom is 0.177 e. The molecule has 1 aromatic carbocycles. The van der Waals surface area contributed by atoms with Crippen molar-refractivity contribution in [3.63, 3.8) is 0 Å². The quantitative estimate of drug-likeness (QED) is 0.667. The summed E-state index contributed by atoms with van der Waals surface area (Å²) in [6, 6.07) is 8.30. The van der Waals surface area contributed by atoms with E-state index in [1.165, 1.54) is 11.1 Å². The lowest BCUT2D eigenvalue weighted by molar-refractivity contribution is -0.108. The molecule has 0 spiro atoms. The van der Waals surface area contributed by atoms with Crippen LogP contribution in [0.2, 0.25) is 0 Å². The van der Waals surface area contributed by atoms with Gasteiger partial charge in [0.1, 0.15) is 12.6 Å². The summed E-state index contributed by atoms with van der Waals surface area (Å²) in [5.74, 6) is 0. The van der Waals surface area contributed by atoms with Crippen LogP contribution in [0.1, 0.15) is 37.8 Å². The number of hydrogen-bond acceptors (Lipinski definition) is 3. The zero-order chi connectivity index (χ0) is 14.9. The van der Waals surface area contributed by atoms with E-state index in [1.54, 1.807) is 0 Å². The molecule has 0 heterocycles. The molecule has 0 aromatic heterocycles. The van der Waals surface area contributed by atoms with Gasteiger partial charge in [0.2, 0.25) is 0 Å². The maximum absolute atomic E-state index is 10.2. The van der Waals surface area contributed by atoms with Crippen LogP contribution in [0.25, 0.3) is 0 Å². The monoisotopic (exact) mass is 286 g/mol. The van der Waals surface area contributed by atoms with Crippen LogP contribution in [0.15, 0.2) is 24.3 Å². The van der Waals surface area contributed by atoms with Gasteiger partial charge in [-0.3, -0.25) is 4.57 Å². The van der Waals surface area contributed by atoms with E-state index >= 15 is 0 Å². The summed E-state index contributed by atoms with van der Waals surface area (Å²) >= 11 is 0. The summed E-state index contributed by atoms with van der Waals surface area (Å²) in [4.78, 5) is 26.4. The topological polar surface area (TPSA) is 71.4 Å². The Morgan fingerprint density at radius 3 is 1.95 bits per heavy atom. The Morgan fingerprint density at radius 2 is 1.58 bits per heavy atom. The van der Waals surface area contributed by atoms with E-state index in [9.17, 15) is 9.59 Å². The highest BCUT2D eigenvalue weighted by Crippen LogP contribution is 2.10. The number of hydrogen-bond donors (Lipinski definition) is 1. The third-order valence-electron chi connectivity index (χ3n) is 2.20. The zero-order valence-corrected chi connectivity index (χ0v) is 12.7. The molecule has 1 atom stereocenters. The van der Waals surface area contributed by atoms with Gasteiger partial charge in [-0.15, -0.1) is 0 Å². The number of benzene rings is 1. The number of rotatable bonds is 5. The molecule has 1 aromatic rings. The van der Waals surface area contributed by atoms with E-state index < -0.39 is 8.69 Å². The number of carbonyl (C=O) groups is 2. The SMILES string of the molecule is CCC=O.CCc1ccccc1CCC=O.O=[PH2]O. The van der Waals surface area contributed by atoms with E-state index in [-0.39, 0.29) is 0 Å². The van der Waals surface area contributed by atoms with Crippen LogP contribution in [-0.2, 0) is 27.0 Å². The van der Waals surface area contributed by atoms with Gasteiger partial charge in [0.15, 0.2) is 8.69 Å². The molecule has 1 N–H and O–H groups in total. The Bertz CT molecular complexity index is 353. The summed E-state index contributed by atoms with van der Waals surface area (Å²) in [6.45, 7) is 3.95. The van der Waals surface area contributed by atoms with Crippen LogP contribution in [0.5, 0.6) is 0 Å². The van der Waals surface area contributed by atoms with Crippen molar-refractivity contribution in [1.82, 2.24) is 0 Å². The fraction of sp³-hybridized carbons (Fsp3) is 0.429. The van der Waals surface area contributed by atoms with Gasteiger partial charge >= 0.3 is 0 Å². The van der Waals surface area contributed by atoms with Crippen LogP contribution >= 0.6 is 8.69 Å². The molecule has 0 fully saturated rings. The second-order valence-corrected chi connectivity index (χ2v) is 3.72. The summed E-state index contributed by atoms with van der Waals surface area (Å²) in [7, 11) is -1.50. The average Bonchev–Trinajstić information content (AvgIpc) is 2.46. The minimum atomic E-state index is -1.50. The Labute approximate surface area is 116 Å². The average molecular weight is 286 g/mol. The van der Waals surface area contributed by atoms with Gasteiger partial charge in [0.05, 0.1) is 0 Å². The third kappa shape index (κ3) is 13.0. The molecular formula is C14H23O4P. The van der Waals surface area contributed by atoms with E-state index in [0.717, 1.165) is 25.4 Å². The predicted octanol–water partition coefficient (Wildman–Crippen LogP) is 2.63. The summed E-state index contributed by atoms with van der Waals surface area (Å²) < 4.78 is 8.57. The lowest BCUT2D eigenvalue weighted by atomic mass is 10.0. The lowest BCUT2D eigenvalue weighted by Crippen LogP contribution is -1.92. The summed E-state index contributed by atoms with van der Waals surface area (Å²) in [5.41, 5.74) is 2.67. The highest BCUT2D eigenvalue weighted by atomic mass is 31.1. The van der Waals surface area contributed by atoms with Crippen molar-refractivity contribution in [3.05, 3.63) is 35.4 Å². The third-order valence-corrected chi connectivity index (χ3v) is 2.20. The molecule has 0 saturated carbocycles. The smallest absolute Gasteiger partial charge is 0.177 e. The summed E-state index contributed by atoms with van der Waals surface area (Å²) in [5, 5.41) is 0. The van der Waals surface area contributed by atoms with Crippen LogP contribution in [0, 0.1) is 0 Å². The Morgan fingerprint density at radius 1 is 1.11 bits per heavy atom. The fourth-order valence-electron chi connectivity index (χ4n) is 1.36. The van der Waals surface area contributed by atoms with Crippen molar-refractivity contribution in [2.24, 2.45) is 0 Å². The Balaban J connectivity index is 0. The molecule has 1 rings (SSSR count). The molecule has 4 nitrogen and oxygen atoms in total. The molecular weight excluding hydrogens is 263 g/mol. The van der Waals surface area contributed by atoms with E-state index in [4.69, 9.17) is 9.46 Å². The minimum Gasteiger partial charge on any atom is -0.348 e. The van der Waals surface area contributed by atoms with Crippen molar-refractivity contribution in [2.45, 2.75) is 39.5 Å². The first-order chi connectivity index (χ1) is 9.21. The van der Waals surface area contributed by atoms with Crippen molar-refractivity contribution < 1.29 is 19.0 Å². The molecule has 0 aliphatic heterocycles. The van der Waals surface area contributed by atoms with Crippen molar-refractivity contribution in [2.75, 3.05) is 0 Å². The first-order valence-corrected chi connectivity index (χ1v) is 7.22. The molecule has 0 saturated heterocycles. The summed E-state index contributed by atoms with van der Waals surface area (Å²) in [6.07, 6.45) is 5.06. The molecule has 5 heteroatoms. The molecule has 19 heavy (non-hydrogen) atoms. The van der Waals surface area contributed by atoms with Crippen molar-refractivity contribution in [1.29, 1.82) is 0 Å². The van der Waals surface area contributed by atoms with Crippen molar-refractivity contribution >= 4 is 21.3 Å². The number of carbonyl (C=O) groups excluding carboxylic acids is 2. The molecule has 0 aliphatic carbocycles. The van der Waals surface area contributed by atoms with Crippen LogP contribution < -0.4 is 0 Å². The Hall–Kier alpha value is -1.25. The molecule has 0 bridgehead atoms. The molecule has 0 amide bonds. The fourth-order valence-corrected chi connectivity index (χ4v) is 1.36. The second kappa shape index (κ2) is 16.8. The van der Waals surface area contributed by atoms with Gasteiger partial charge in [-0.25, -0.2) is 0 Å². The minimum absolute atomic E-state index is 0.636. The lowest BCUT2D eigenvalue weighted by Gasteiger charge is -2.04. The molecule has 0 aliphatic rings. The van der Waals surface area contributed by atoms with Gasteiger partial charge in [-0.2, -0.15) is 0 Å². The zero-order valence-electron chi connectivity index (χ0n) is 11.5. The first-order valence-electron chi connectivity index (χ1n) is 6.23. The number of aldehydes is 2. The van der Waals surface area contributed by atoms with E-state index in [0.29, 0.717) is 12.8 Å².